The van der Waals surface area contributed by atoms with Gasteiger partial charge in [-0.05, 0) is 42.3 Å². The van der Waals surface area contributed by atoms with Crippen molar-refractivity contribution in [2.45, 2.75) is 19.9 Å². The molecule has 1 heterocycles. The van der Waals surface area contributed by atoms with Gasteiger partial charge in [0.1, 0.15) is 11.5 Å². The van der Waals surface area contributed by atoms with Crippen molar-refractivity contribution < 1.29 is 19.4 Å². The Labute approximate surface area is 156 Å². The van der Waals surface area contributed by atoms with Gasteiger partial charge in [0, 0.05) is 17.6 Å². The summed E-state index contributed by atoms with van der Waals surface area (Å²) in [6, 6.07) is 11.4. The average Bonchev–Trinajstić information content (AvgIpc) is 2.86. The summed E-state index contributed by atoms with van der Waals surface area (Å²) in [5.41, 5.74) is 3.65. The van der Waals surface area contributed by atoms with Gasteiger partial charge in [0.25, 0.3) is 0 Å². The Bertz CT molecular complexity index is 960. The molecular weight excluding hydrogens is 354 g/mol. The Morgan fingerprint density at radius 3 is 2.42 bits per heavy atom. The number of fused-ring (bicyclic) bond motifs is 1. The number of nitrogens with zero attached hydrogens (tertiary/aromatic N) is 1. The normalized spacial score (nSPS) is 10.9. The van der Waals surface area contributed by atoms with E-state index in [1.165, 1.54) is 0 Å². The van der Waals surface area contributed by atoms with Gasteiger partial charge in [-0.25, -0.2) is 0 Å². The number of hydrogen-bond donors (Lipinski definition) is 1. The maximum absolute atomic E-state index is 11.3. The molecule has 5 nitrogen and oxygen atoms in total. The highest BCUT2D eigenvalue weighted by molar-refractivity contribution is 6.32. The molecule has 26 heavy (non-hydrogen) atoms. The van der Waals surface area contributed by atoms with Crippen molar-refractivity contribution in [1.82, 2.24) is 4.57 Å². The number of hydrogen-bond acceptors (Lipinski definition) is 3. The lowest BCUT2D eigenvalue weighted by atomic mass is 10.1. The summed E-state index contributed by atoms with van der Waals surface area (Å²) in [5.74, 6) is 0.458. The maximum Gasteiger partial charge on any atom is 0.307 e. The molecule has 6 heteroatoms. The van der Waals surface area contributed by atoms with E-state index in [4.69, 9.17) is 21.1 Å². The maximum atomic E-state index is 11.3. The number of aliphatic carboxylic acids is 1. The van der Waals surface area contributed by atoms with Gasteiger partial charge in [0.05, 0.1) is 31.2 Å². The summed E-state index contributed by atoms with van der Waals surface area (Å²) < 4.78 is 12.6. The number of carboxylic acids is 1. The van der Waals surface area contributed by atoms with E-state index in [1.54, 1.807) is 14.2 Å². The number of methoxy groups -OCH3 is 2. The lowest BCUT2D eigenvalue weighted by Crippen LogP contribution is -2.05. The van der Waals surface area contributed by atoms with Crippen LogP contribution in [-0.2, 0) is 17.8 Å². The van der Waals surface area contributed by atoms with Gasteiger partial charge in [-0.2, -0.15) is 0 Å². The number of aromatic nitrogens is 1. The Morgan fingerprint density at radius 1 is 1.15 bits per heavy atom. The Morgan fingerprint density at radius 2 is 1.85 bits per heavy atom. The molecule has 136 valence electrons. The third-order valence-electron chi connectivity index (χ3n) is 4.56. The summed E-state index contributed by atoms with van der Waals surface area (Å²) in [6.45, 7) is 2.54. The smallest absolute Gasteiger partial charge is 0.307 e. The highest BCUT2D eigenvalue weighted by Gasteiger charge is 2.19. The second-order valence-corrected chi connectivity index (χ2v) is 6.48. The summed E-state index contributed by atoms with van der Waals surface area (Å²) in [7, 11) is 3.18. The predicted molar refractivity (Wildman–Crippen MR) is 102 cm³/mol. The molecule has 0 bridgehead atoms. The van der Waals surface area contributed by atoms with Crippen LogP contribution in [-0.4, -0.2) is 29.9 Å². The van der Waals surface area contributed by atoms with Crippen LogP contribution in [0, 0.1) is 6.92 Å². The zero-order chi connectivity index (χ0) is 18.8. The van der Waals surface area contributed by atoms with Gasteiger partial charge in [0.15, 0.2) is 0 Å². The Balaban J connectivity index is 2.14. The minimum absolute atomic E-state index is 0.0528. The molecule has 1 N–H and O–H groups in total. The van der Waals surface area contributed by atoms with Crippen LogP contribution in [0.3, 0.4) is 0 Å². The predicted octanol–water partition coefficient (Wildman–Crippen LogP) is 4.30. The second-order valence-electron chi connectivity index (χ2n) is 6.07. The molecule has 0 spiro atoms. The number of rotatable bonds is 6. The third kappa shape index (κ3) is 3.35. The summed E-state index contributed by atoms with van der Waals surface area (Å²) >= 11 is 6.31. The van der Waals surface area contributed by atoms with E-state index in [-0.39, 0.29) is 6.42 Å². The minimum atomic E-state index is -0.870. The van der Waals surface area contributed by atoms with Crippen molar-refractivity contribution in [3.05, 3.63) is 58.2 Å². The first kappa shape index (κ1) is 18.1. The van der Waals surface area contributed by atoms with Crippen molar-refractivity contribution in [2.24, 2.45) is 0 Å². The molecule has 0 fully saturated rings. The Kier molecular flexibility index (Phi) is 5.09. The van der Waals surface area contributed by atoms with Crippen LogP contribution in [0.5, 0.6) is 11.5 Å². The number of ether oxygens (including phenoxy) is 2. The molecule has 0 saturated carbocycles. The van der Waals surface area contributed by atoms with Crippen molar-refractivity contribution >= 4 is 28.5 Å². The van der Waals surface area contributed by atoms with Crippen LogP contribution in [0.1, 0.15) is 16.8 Å². The quantitative estimate of drug-likeness (QED) is 0.700. The lowest BCUT2D eigenvalue weighted by molar-refractivity contribution is -0.136. The van der Waals surface area contributed by atoms with Gasteiger partial charge in [-0.15, -0.1) is 0 Å². The first-order valence-electron chi connectivity index (χ1n) is 8.14. The zero-order valence-corrected chi connectivity index (χ0v) is 15.6. The molecular formula is C20H20ClNO4. The molecule has 0 amide bonds. The molecule has 3 rings (SSSR count). The largest absolute Gasteiger partial charge is 0.497 e. The Hall–Kier alpha value is -2.66. The van der Waals surface area contributed by atoms with Crippen molar-refractivity contribution in [1.29, 1.82) is 0 Å². The van der Waals surface area contributed by atoms with Gasteiger partial charge < -0.3 is 19.1 Å². The summed E-state index contributed by atoms with van der Waals surface area (Å²) in [5, 5.41) is 10.7. The topological polar surface area (TPSA) is 60.7 Å². The number of carboxylic acid groups (broad SMARTS) is 1. The molecule has 2 aromatic carbocycles. The molecule has 0 unspecified atom stereocenters. The van der Waals surface area contributed by atoms with Crippen molar-refractivity contribution in [2.75, 3.05) is 14.2 Å². The van der Waals surface area contributed by atoms with E-state index in [1.807, 2.05) is 43.3 Å². The lowest BCUT2D eigenvalue weighted by Gasteiger charge is -2.10. The third-order valence-corrected chi connectivity index (χ3v) is 4.85. The average molecular weight is 374 g/mol. The van der Waals surface area contributed by atoms with Crippen LogP contribution < -0.4 is 9.47 Å². The number of carbonyl (C=O) groups is 1. The van der Waals surface area contributed by atoms with Crippen molar-refractivity contribution in [3.63, 3.8) is 0 Å². The van der Waals surface area contributed by atoms with E-state index >= 15 is 0 Å². The highest BCUT2D eigenvalue weighted by atomic mass is 35.5. The van der Waals surface area contributed by atoms with Crippen LogP contribution >= 0.6 is 11.6 Å². The monoisotopic (exact) mass is 373 g/mol. The standard InChI is InChI=1S/C20H20ClNO4/c1-12-15(9-20(23)24)16-8-19(26-3)17(21)10-18(16)22(12)11-13-4-6-14(25-2)7-5-13/h4-8,10H,9,11H2,1-3H3,(H,23,24). The number of halogens is 1. The fourth-order valence-corrected chi connectivity index (χ4v) is 3.43. The van der Waals surface area contributed by atoms with Gasteiger partial charge >= 0.3 is 5.97 Å². The fourth-order valence-electron chi connectivity index (χ4n) is 3.19. The van der Waals surface area contributed by atoms with E-state index < -0.39 is 5.97 Å². The van der Waals surface area contributed by atoms with Gasteiger partial charge in [-0.3, -0.25) is 4.79 Å². The van der Waals surface area contributed by atoms with Crippen LogP contribution in [0.25, 0.3) is 10.9 Å². The second kappa shape index (κ2) is 7.30. The van der Waals surface area contributed by atoms with Gasteiger partial charge in [-0.1, -0.05) is 23.7 Å². The molecule has 0 radical (unpaired) electrons. The fraction of sp³-hybridized carbons (Fsp3) is 0.250. The zero-order valence-electron chi connectivity index (χ0n) is 14.9. The van der Waals surface area contributed by atoms with Crippen LogP contribution in [0.2, 0.25) is 5.02 Å². The first-order chi connectivity index (χ1) is 12.4. The van der Waals surface area contributed by atoms with Crippen LogP contribution in [0.4, 0.5) is 0 Å². The molecule has 0 aliphatic rings. The highest BCUT2D eigenvalue weighted by Crippen LogP contribution is 2.35. The first-order valence-corrected chi connectivity index (χ1v) is 8.52. The molecule has 0 atom stereocenters. The summed E-state index contributed by atoms with van der Waals surface area (Å²) in [6.07, 6.45) is -0.0528. The van der Waals surface area contributed by atoms with Crippen molar-refractivity contribution in [3.8, 4) is 11.5 Å². The van der Waals surface area contributed by atoms with Gasteiger partial charge in [0.2, 0.25) is 0 Å². The molecule has 0 aliphatic carbocycles. The van der Waals surface area contributed by atoms with E-state index in [0.717, 1.165) is 33.5 Å². The van der Waals surface area contributed by atoms with E-state index in [2.05, 4.69) is 4.57 Å². The van der Waals surface area contributed by atoms with E-state index in [0.29, 0.717) is 17.3 Å². The number of benzene rings is 2. The molecule has 0 aliphatic heterocycles. The molecule has 3 aromatic rings. The van der Waals surface area contributed by atoms with Crippen LogP contribution in [0.15, 0.2) is 36.4 Å². The minimum Gasteiger partial charge on any atom is -0.497 e. The van der Waals surface area contributed by atoms with E-state index in [9.17, 15) is 9.90 Å². The SMILES string of the molecule is COc1ccc(Cn2c(C)c(CC(=O)O)c3cc(OC)c(Cl)cc32)cc1. The summed E-state index contributed by atoms with van der Waals surface area (Å²) in [4.78, 5) is 11.3. The molecule has 1 aromatic heterocycles. The molecule has 0 saturated heterocycles.